The van der Waals surface area contributed by atoms with Crippen LogP contribution < -0.4 is 9.47 Å². The maximum atomic E-state index is 12.9. The van der Waals surface area contributed by atoms with Crippen molar-refractivity contribution in [1.82, 2.24) is 9.47 Å². The molecule has 0 saturated carbocycles. The second kappa shape index (κ2) is 10.5. The van der Waals surface area contributed by atoms with E-state index in [2.05, 4.69) is 4.57 Å². The fourth-order valence-corrected chi connectivity index (χ4v) is 5.46. The molecule has 0 radical (unpaired) electrons. The monoisotopic (exact) mass is 524 g/mol. The summed E-state index contributed by atoms with van der Waals surface area (Å²) in [5.74, 6) is 0.368. The van der Waals surface area contributed by atoms with E-state index < -0.39 is 12.1 Å². The van der Waals surface area contributed by atoms with Gasteiger partial charge >= 0.3 is 5.97 Å². The molecule has 1 aromatic heterocycles. The number of benzene rings is 2. The highest BCUT2D eigenvalue weighted by Crippen LogP contribution is 2.46. The molecule has 8 nitrogen and oxygen atoms in total. The maximum absolute atomic E-state index is 12.9. The van der Waals surface area contributed by atoms with Crippen molar-refractivity contribution in [2.45, 2.75) is 31.5 Å². The van der Waals surface area contributed by atoms with Gasteiger partial charge in [-0.25, -0.2) is 0 Å². The number of carbonyl (C=O) groups is 2. The van der Waals surface area contributed by atoms with Gasteiger partial charge in [0.25, 0.3) is 0 Å². The normalized spacial score (nSPS) is 18.8. The highest BCUT2D eigenvalue weighted by molar-refractivity contribution is 6.30. The SMILES string of the molecule is COc1cccc([C@H]2O[C@H](CCC(=O)N3CC(CC(=O)O)C3)c3cccn3-c3ccc(Cl)cc32)c1OC. The number of amides is 1. The van der Waals surface area contributed by atoms with Gasteiger partial charge in [-0.3, -0.25) is 9.59 Å². The zero-order valence-electron chi connectivity index (χ0n) is 20.7. The third kappa shape index (κ3) is 4.91. The second-order valence-electron chi connectivity index (χ2n) is 9.39. The van der Waals surface area contributed by atoms with Gasteiger partial charge in [-0.05, 0) is 42.8 Å². The van der Waals surface area contributed by atoms with Crippen LogP contribution in [0.25, 0.3) is 5.69 Å². The van der Waals surface area contributed by atoms with Crippen molar-refractivity contribution in [3.05, 3.63) is 76.6 Å². The minimum absolute atomic E-state index is 0.00339. The van der Waals surface area contributed by atoms with Crippen LogP contribution in [-0.4, -0.2) is 53.8 Å². The lowest BCUT2D eigenvalue weighted by molar-refractivity contribution is -0.145. The summed E-state index contributed by atoms with van der Waals surface area (Å²) in [5, 5.41) is 9.57. The van der Waals surface area contributed by atoms with Crippen molar-refractivity contribution >= 4 is 23.5 Å². The molecule has 2 aromatic carbocycles. The molecule has 0 unspecified atom stereocenters. The van der Waals surface area contributed by atoms with Crippen molar-refractivity contribution < 1.29 is 28.9 Å². The Bertz CT molecular complexity index is 1320. The van der Waals surface area contributed by atoms with Crippen LogP contribution in [0.15, 0.2) is 54.7 Å². The van der Waals surface area contributed by atoms with E-state index in [1.807, 2.05) is 54.7 Å². The van der Waals surface area contributed by atoms with Crippen LogP contribution in [0.3, 0.4) is 0 Å². The molecule has 1 saturated heterocycles. The Morgan fingerprint density at radius 1 is 1.08 bits per heavy atom. The summed E-state index contributed by atoms with van der Waals surface area (Å²) in [6.45, 7) is 0.973. The van der Waals surface area contributed by atoms with Crippen molar-refractivity contribution in [1.29, 1.82) is 0 Å². The molecule has 1 fully saturated rings. The van der Waals surface area contributed by atoms with Gasteiger partial charge in [0, 0.05) is 47.8 Å². The fourth-order valence-electron chi connectivity index (χ4n) is 5.28. The van der Waals surface area contributed by atoms with Gasteiger partial charge in [-0.1, -0.05) is 23.7 Å². The standard InChI is InChI=1S/C28H29ClN2O6/c1-35-24-7-3-5-19(28(24)36-2)27-20-14-18(29)8-9-21(20)31-12-4-6-22(31)23(37-27)10-11-25(32)30-15-17(16-30)13-26(33)34/h3-9,12,14,17,23,27H,10-11,13,15-16H2,1-2H3,(H,33,34)/t23-,27-/m1/s1. The number of ether oxygens (including phenoxy) is 3. The van der Waals surface area contributed by atoms with Crippen LogP contribution in [0, 0.1) is 5.92 Å². The van der Waals surface area contributed by atoms with Crippen LogP contribution in [0.4, 0.5) is 0 Å². The van der Waals surface area contributed by atoms with Gasteiger partial charge in [-0.2, -0.15) is 0 Å². The number of carbonyl (C=O) groups excluding carboxylic acids is 1. The number of aliphatic carboxylic acids is 1. The first-order valence-corrected chi connectivity index (χ1v) is 12.6. The molecule has 1 amide bonds. The lowest BCUT2D eigenvalue weighted by Gasteiger charge is -2.39. The summed E-state index contributed by atoms with van der Waals surface area (Å²) in [6.07, 6.45) is 1.91. The van der Waals surface area contributed by atoms with Crippen LogP contribution >= 0.6 is 11.6 Å². The largest absolute Gasteiger partial charge is 0.493 e. The summed E-state index contributed by atoms with van der Waals surface area (Å²) in [4.78, 5) is 25.6. The first-order valence-electron chi connectivity index (χ1n) is 12.2. The molecule has 0 bridgehead atoms. The topological polar surface area (TPSA) is 90.2 Å². The molecule has 194 valence electrons. The molecular weight excluding hydrogens is 496 g/mol. The molecule has 3 aromatic rings. The summed E-state index contributed by atoms with van der Waals surface area (Å²) < 4.78 is 20.2. The average Bonchev–Trinajstić information content (AvgIpc) is 3.30. The van der Waals surface area contributed by atoms with E-state index in [0.29, 0.717) is 36.0 Å². The maximum Gasteiger partial charge on any atom is 0.303 e. The average molecular weight is 525 g/mol. The Balaban J connectivity index is 1.46. The number of carboxylic acids is 1. The number of hydrogen-bond acceptors (Lipinski definition) is 5. The van der Waals surface area contributed by atoms with Gasteiger partial charge in [0.15, 0.2) is 11.5 Å². The Labute approximate surface area is 220 Å². The molecule has 1 N–H and O–H groups in total. The molecule has 2 aliphatic rings. The summed E-state index contributed by atoms with van der Waals surface area (Å²) in [5.41, 5.74) is 3.55. The minimum Gasteiger partial charge on any atom is -0.493 e. The lowest BCUT2D eigenvalue weighted by atomic mass is 9.95. The van der Waals surface area contributed by atoms with Crippen molar-refractivity contribution in [2.24, 2.45) is 5.92 Å². The number of carboxylic acid groups (broad SMARTS) is 1. The Kier molecular flexibility index (Phi) is 7.13. The zero-order chi connectivity index (χ0) is 26.1. The van der Waals surface area contributed by atoms with Gasteiger partial charge in [0.2, 0.25) is 5.91 Å². The Morgan fingerprint density at radius 2 is 1.89 bits per heavy atom. The fraction of sp³-hybridized carbons (Fsp3) is 0.357. The molecule has 37 heavy (non-hydrogen) atoms. The van der Waals surface area contributed by atoms with Gasteiger partial charge < -0.3 is 28.8 Å². The molecule has 2 atom stereocenters. The first-order chi connectivity index (χ1) is 17.9. The summed E-state index contributed by atoms with van der Waals surface area (Å²) >= 11 is 6.45. The van der Waals surface area contributed by atoms with E-state index in [-0.39, 0.29) is 30.8 Å². The van der Waals surface area contributed by atoms with E-state index >= 15 is 0 Å². The van der Waals surface area contributed by atoms with Crippen LogP contribution in [0.1, 0.15) is 48.3 Å². The molecule has 9 heteroatoms. The molecule has 2 aliphatic heterocycles. The van der Waals surface area contributed by atoms with Crippen LogP contribution in [0.5, 0.6) is 11.5 Å². The van der Waals surface area contributed by atoms with Crippen molar-refractivity contribution in [3.63, 3.8) is 0 Å². The van der Waals surface area contributed by atoms with E-state index in [1.54, 1.807) is 19.1 Å². The highest BCUT2D eigenvalue weighted by Gasteiger charge is 2.35. The molecular formula is C28H29ClN2O6. The van der Waals surface area contributed by atoms with E-state index in [4.69, 9.17) is 30.9 Å². The van der Waals surface area contributed by atoms with Gasteiger partial charge in [-0.15, -0.1) is 0 Å². The number of nitrogens with zero attached hydrogens (tertiary/aromatic N) is 2. The smallest absolute Gasteiger partial charge is 0.303 e. The number of rotatable bonds is 8. The van der Waals surface area contributed by atoms with Crippen LogP contribution in [-0.2, 0) is 14.3 Å². The number of para-hydroxylation sites is 1. The van der Waals surface area contributed by atoms with E-state index in [0.717, 1.165) is 22.5 Å². The number of aromatic nitrogens is 1. The number of methoxy groups -OCH3 is 2. The molecule has 5 rings (SSSR count). The Morgan fingerprint density at radius 3 is 2.62 bits per heavy atom. The Hall–Kier alpha value is -3.49. The summed E-state index contributed by atoms with van der Waals surface area (Å²) in [6, 6.07) is 15.4. The van der Waals surface area contributed by atoms with Crippen molar-refractivity contribution in [2.75, 3.05) is 27.3 Å². The number of hydrogen-bond donors (Lipinski definition) is 1. The molecule has 3 heterocycles. The first kappa shape index (κ1) is 25.2. The third-order valence-electron chi connectivity index (χ3n) is 7.05. The van der Waals surface area contributed by atoms with E-state index in [9.17, 15) is 9.59 Å². The second-order valence-corrected chi connectivity index (χ2v) is 9.83. The minimum atomic E-state index is -0.830. The number of likely N-dealkylation sites (tertiary alicyclic amines) is 1. The zero-order valence-corrected chi connectivity index (χ0v) is 21.5. The predicted octanol–water partition coefficient (Wildman–Crippen LogP) is 5.02. The predicted molar refractivity (Wildman–Crippen MR) is 138 cm³/mol. The highest BCUT2D eigenvalue weighted by atomic mass is 35.5. The summed E-state index contributed by atoms with van der Waals surface area (Å²) in [7, 11) is 3.19. The quantitative estimate of drug-likeness (QED) is 0.445. The number of fused-ring (bicyclic) bond motifs is 3. The van der Waals surface area contributed by atoms with E-state index in [1.165, 1.54) is 0 Å². The van der Waals surface area contributed by atoms with Gasteiger partial charge in [0.1, 0.15) is 6.10 Å². The van der Waals surface area contributed by atoms with Crippen LogP contribution in [0.2, 0.25) is 5.02 Å². The molecule has 0 aliphatic carbocycles. The van der Waals surface area contributed by atoms with Gasteiger partial charge in [0.05, 0.1) is 38.1 Å². The lowest BCUT2D eigenvalue weighted by Crippen LogP contribution is -2.50. The third-order valence-corrected chi connectivity index (χ3v) is 7.29. The van der Waals surface area contributed by atoms with Crippen molar-refractivity contribution in [3.8, 4) is 17.2 Å². The number of halogens is 1. The molecule has 0 spiro atoms.